The molecule has 0 atom stereocenters. The van der Waals surface area contributed by atoms with Gasteiger partial charge in [-0.2, -0.15) is 5.10 Å². The monoisotopic (exact) mass is 376 g/mol. The van der Waals surface area contributed by atoms with Crippen LogP contribution >= 0.6 is 11.8 Å². The Balaban J connectivity index is 1.93. The predicted molar refractivity (Wildman–Crippen MR) is 109 cm³/mol. The summed E-state index contributed by atoms with van der Waals surface area (Å²) in [5.41, 5.74) is 2.46. The second-order valence-corrected chi connectivity index (χ2v) is 8.44. The normalized spacial score (nSPS) is 11.8. The number of thioether (sulfide) groups is 1. The molecule has 4 aromatic rings. The Morgan fingerprint density at radius 3 is 2.26 bits per heavy atom. The van der Waals surface area contributed by atoms with E-state index in [9.17, 15) is 4.79 Å². The molecule has 0 saturated heterocycles. The van der Waals surface area contributed by atoms with E-state index in [1.165, 1.54) is 5.56 Å². The summed E-state index contributed by atoms with van der Waals surface area (Å²) in [6.07, 6.45) is 1.58. The van der Waals surface area contributed by atoms with Crippen LogP contribution < -0.4 is 5.56 Å². The van der Waals surface area contributed by atoms with Gasteiger partial charge in [-0.25, -0.2) is 4.98 Å². The van der Waals surface area contributed by atoms with Gasteiger partial charge >= 0.3 is 0 Å². The highest BCUT2D eigenvalue weighted by Gasteiger charge is 2.26. The smallest absolute Gasteiger partial charge is 0.268 e. The van der Waals surface area contributed by atoms with E-state index in [0.29, 0.717) is 16.2 Å². The summed E-state index contributed by atoms with van der Waals surface area (Å²) in [6, 6.07) is 19.9. The van der Waals surface area contributed by atoms with Crippen molar-refractivity contribution in [3.8, 4) is 5.69 Å². The number of benzene rings is 2. The maximum atomic E-state index is 13.2. The van der Waals surface area contributed by atoms with Crippen molar-refractivity contribution in [2.45, 2.75) is 23.8 Å². The lowest BCUT2D eigenvalue weighted by molar-refractivity contribution is 0.737. The minimum absolute atomic E-state index is 0.106. The highest BCUT2D eigenvalue weighted by Crippen LogP contribution is 2.40. The molecule has 0 aliphatic heterocycles. The number of aryl methyl sites for hydroxylation is 1. The molecule has 0 N–H and O–H groups in total. The molecular formula is C21H20N4OS. The van der Waals surface area contributed by atoms with Crippen LogP contribution in [0.1, 0.15) is 19.4 Å². The Hall–Kier alpha value is -2.86. The molecule has 27 heavy (non-hydrogen) atoms. The van der Waals surface area contributed by atoms with E-state index in [0.717, 1.165) is 5.69 Å². The van der Waals surface area contributed by atoms with Gasteiger partial charge in [0.25, 0.3) is 5.56 Å². The van der Waals surface area contributed by atoms with Gasteiger partial charge in [0.1, 0.15) is 5.39 Å². The van der Waals surface area contributed by atoms with E-state index in [4.69, 9.17) is 4.98 Å². The lowest BCUT2D eigenvalue weighted by Gasteiger charge is -2.25. The SMILES string of the molecule is Cn1ncc2c(=O)n(-c3ccccc3)c(SC(C)(C)c3ccccc3)nc21. The predicted octanol–water partition coefficient (Wildman–Crippen LogP) is 4.15. The van der Waals surface area contributed by atoms with E-state index < -0.39 is 0 Å². The van der Waals surface area contributed by atoms with Gasteiger partial charge in [-0.15, -0.1) is 0 Å². The average molecular weight is 376 g/mol. The van der Waals surface area contributed by atoms with E-state index in [1.807, 2.05) is 48.5 Å². The maximum Gasteiger partial charge on any atom is 0.269 e. The molecule has 0 unspecified atom stereocenters. The third-order valence-corrected chi connectivity index (χ3v) is 5.77. The second-order valence-electron chi connectivity index (χ2n) is 6.85. The highest BCUT2D eigenvalue weighted by molar-refractivity contribution is 8.00. The quantitative estimate of drug-likeness (QED) is 0.397. The first-order valence-corrected chi connectivity index (χ1v) is 9.54. The number of fused-ring (bicyclic) bond motifs is 1. The van der Waals surface area contributed by atoms with Crippen LogP contribution in [0.5, 0.6) is 0 Å². The summed E-state index contributed by atoms with van der Waals surface area (Å²) >= 11 is 1.57. The van der Waals surface area contributed by atoms with Crippen LogP contribution in [0, 0.1) is 0 Å². The fraction of sp³-hybridized carbons (Fsp3) is 0.190. The van der Waals surface area contributed by atoms with Crippen molar-refractivity contribution >= 4 is 22.8 Å². The molecule has 2 aromatic carbocycles. The first kappa shape index (κ1) is 17.5. The minimum atomic E-state index is -0.260. The number of hydrogen-bond acceptors (Lipinski definition) is 4. The Kier molecular flexibility index (Phi) is 4.36. The van der Waals surface area contributed by atoms with Crippen molar-refractivity contribution < 1.29 is 0 Å². The lowest BCUT2D eigenvalue weighted by Crippen LogP contribution is -2.24. The third-order valence-electron chi connectivity index (χ3n) is 4.56. The van der Waals surface area contributed by atoms with Gasteiger partial charge < -0.3 is 0 Å². The van der Waals surface area contributed by atoms with Gasteiger partial charge in [0, 0.05) is 11.8 Å². The fourth-order valence-corrected chi connectivity index (χ4v) is 4.18. The van der Waals surface area contributed by atoms with Crippen LogP contribution in [-0.2, 0) is 11.8 Å². The Morgan fingerprint density at radius 2 is 1.59 bits per heavy atom. The molecule has 0 amide bonds. The van der Waals surface area contributed by atoms with Crippen molar-refractivity contribution in [1.82, 2.24) is 19.3 Å². The van der Waals surface area contributed by atoms with Crippen molar-refractivity contribution in [3.05, 3.63) is 82.8 Å². The standard InChI is InChI=1S/C21H20N4OS/c1-21(2,15-10-6-4-7-11-15)27-20-23-18-17(14-22-24(18)3)19(26)25(20)16-12-8-5-9-13-16/h4-14H,1-3H3. The summed E-state index contributed by atoms with van der Waals surface area (Å²) in [7, 11) is 1.80. The summed E-state index contributed by atoms with van der Waals surface area (Å²) in [4.78, 5) is 18.1. The molecule has 136 valence electrons. The van der Waals surface area contributed by atoms with Crippen LogP contribution in [0.4, 0.5) is 0 Å². The average Bonchev–Trinajstić information content (AvgIpc) is 3.04. The fourth-order valence-electron chi connectivity index (χ4n) is 3.06. The molecule has 0 spiro atoms. The molecule has 6 heteroatoms. The van der Waals surface area contributed by atoms with Crippen molar-refractivity contribution in [1.29, 1.82) is 0 Å². The Morgan fingerprint density at radius 1 is 0.963 bits per heavy atom. The van der Waals surface area contributed by atoms with Gasteiger partial charge in [0.15, 0.2) is 10.8 Å². The minimum Gasteiger partial charge on any atom is -0.268 e. The molecule has 0 saturated carbocycles. The van der Waals surface area contributed by atoms with E-state index in [1.54, 1.807) is 34.3 Å². The van der Waals surface area contributed by atoms with Crippen molar-refractivity contribution in [2.75, 3.05) is 0 Å². The molecule has 0 fully saturated rings. The molecule has 0 radical (unpaired) electrons. The number of para-hydroxylation sites is 1. The molecule has 2 aromatic heterocycles. The molecular weight excluding hydrogens is 356 g/mol. The summed E-state index contributed by atoms with van der Waals surface area (Å²) < 4.78 is 3.06. The first-order chi connectivity index (χ1) is 13.0. The van der Waals surface area contributed by atoms with Gasteiger partial charge in [0.2, 0.25) is 0 Å². The van der Waals surface area contributed by atoms with Crippen molar-refractivity contribution in [3.63, 3.8) is 0 Å². The van der Waals surface area contributed by atoms with E-state index in [2.05, 4.69) is 31.1 Å². The molecule has 4 rings (SSSR count). The van der Waals surface area contributed by atoms with E-state index >= 15 is 0 Å². The molecule has 2 heterocycles. The number of hydrogen-bond donors (Lipinski definition) is 0. The summed E-state index contributed by atoms with van der Waals surface area (Å²) in [5.74, 6) is 0. The summed E-state index contributed by atoms with van der Waals surface area (Å²) in [6.45, 7) is 4.28. The van der Waals surface area contributed by atoms with Gasteiger partial charge in [0.05, 0.1) is 11.9 Å². The molecule has 0 aliphatic rings. The number of nitrogens with zero attached hydrogens (tertiary/aromatic N) is 4. The van der Waals surface area contributed by atoms with Crippen LogP contribution in [0.3, 0.4) is 0 Å². The molecule has 5 nitrogen and oxygen atoms in total. The molecule has 0 aliphatic carbocycles. The topological polar surface area (TPSA) is 52.7 Å². The first-order valence-electron chi connectivity index (χ1n) is 8.72. The number of rotatable bonds is 4. The zero-order valence-electron chi connectivity index (χ0n) is 15.5. The van der Waals surface area contributed by atoms with Crippen molar-refractivity contribution in [2.24, 2.45) is 7.05 Å². The van der Waals surface area contributed by atoms with Crippen LogP contribution in [0.25, 0.3) is 16.7 Å². The van der Waals surface area contributed by atoms with Crippen LogP contribution in [0.15, 0.2) is 76.8 Å². The zero-order valence-corrected chi connectivity index (χ0v) is 16.3. The summed E-state index contributed by atoms with van der Waals surface area (Å²) in [5, 5.41) is 5.38. The maximum absolute atomic E-state index is 13.2. The highest BCUT2D eigenvalue weighted by atomic mass is 32.2. The molecule has 0 bridgehead atoms. The van der Waals surface area contributed by atoms with Crippen LogP contribution in [-0.4, -0.2) is 19.3 Å². The largest absolute Gasteiger partial charge is 0.269 e. The lowest BCUT2D eigenvalue weighted by atomic mass is 10.0. The third kappa shape index (κ3) is 3.17. The van der Waals surface area contributed by atoms with Gasteiger partial charge in [-0.3, -0.25) is 14.0 Å². The van der Waals surface area contributed by atoms with Gasteiger partial charge in [-0.1, -0.05) is 60.3 Å². The van der Waals surface area contributed by atoms with E-state index in [-0.39, 0.29) is 10.3 Å². The van der Waals surface area contributed by atoms with Crippen LogP contribution in [0.2, 0.25) is 0 Å². The Labute approximate surface area is 161 Å². The Bertz CT molecular complexity index is 1150. The zero-order chi connectivity index (χ0) is 19.0. The second kappa shape index (κ2) is 6.70. The number of aromatic nitrogens is 4. The van der Waals surface area contributed by atoms with Gasteiger partial charge in [-0.05, 0) is 31.5 Å².